The number of methoxy groups -OCH3 is 1. The predicted molar refractivity (Wildman–Crippen MR) is 103 cm³/mol. The van der Waals surface area contributed by atoms with E-state index in [4.69, 9.17) is 9.47 Å². The number of para-hydroxylation sites is 2. The standard InChI is InChI=1S/C20H23N5O3/c1-27-19-7-3-2-6-18(19)25-13-16(12-22-25)20(26)23-9-5-11-28-17(14-23)15-24-10-4-8-21-24/h2-4,6-8,10,12-13,17H,5,9,11,14-15H2,1H3. The molecule has 3 aromatic rings. The van der Waals surface area contributed by atoms with Gasteiger partial charge in [0.15, 0.2) is 0 Å². The summed E-state index contributed by atoms with van der Waals surface area (Å²) in [6.45, 7) is 2.44. The lowest BCUT2D eigenvalue weighted by Crippen LogP contribution is -2.38. The number of aromatic nitrogens is 4. The number of hydrogen-bond donors (Lipinski definition) is 0. The van der Waals surface area contributed by atoms with Crippen molar-refractivity contribution in [1.29, 1.82) is 0 Å². The van der Waals surface area contributed by atoms with E-state index in [0.717, 1.165) is 12.1 Å². The van der Waals surface area contributed by atoms with E-state index >= 15 is 0 Å². The summed E-state index contributed by atoms with van der Waals surface area (Å²) in [5, 5.41) is 8.59. The van der Waals surface area contributed by atoms with Crippen LogP contribution in [0.15, 0.2) is 55.1 Å². The quantitative estimate of drug-likeness (QED) is 0.676. The lowest BCUT2D eigenvalue weighted by Gasteiger charge is -2.23. The zero-order chi connectivity index (χ0) is 19.3. The van der Waals surface area contributed by atoms with Gasteiger partial charge in [0.05, 0.1) is 31.5 Å². The number of ether oxygens (including phenoxy) is 2. The number of rotatable bonds is 5. The Bertz CT molecular complexity index is 922. The van der Waals surface area contributed by atoms with E-state index in [0.29, 0.717) is 37.6 Å². The Morgan fingerprint density at radius 1 is 1.29 bits per heavy atom. The fourth-order valence-electron chi connectivity index (χ4n) is 3.37. The van der Waals surface area contributed by atoms with E-state index in [2.05, 4.69) is 10.2 Å². The summed E-state index contributed by atoms with van der Waals surface area (Å²) in [5.41, 5.74) is 1.34. The number of amides is 1. The van der Waals surface area contributed by atoms with Gasteiger partial charge in [0.25, 0.3) is 5.91 Å². The van der Waals surface area contributed by atoms with Gasteiger partial charge in [-0.25, -0.2) is 4.68 Å². The molecule has 1 aromatic carbocycles. The van der Waals surface area contributed by atoms with Crippen LogP contribution < -0.4 is 4.74 Å². The van der Waals surface area contributed by atoms with Gasteiger partial charge in [-0.3, -0.25) is 9.48 Å². The number of carbonyl (C=O) groups is 1. The van der Waals surface area contributed by atoms with Gasteiger partial charge in [0, 0.05) is 38.3 Å². The molecule has 1 fully saturated rings. The minimum absolute atomic E-state index is 0.0443. The molecule has 8 heteroatoms. The predicted octanol–water partition coefficient (Wildman–Crippen LogP) is 2.01. The summed E-state index contributed by atoms with van der Waals surface area (Å²) < 4.78 is 14.8. The first-order valence-electron chi connectivity index (χ1n) is 9.31. The van der Waals surface area contributed by atoms with E-state index in [9.17, 15) is 4.79 Å². The van der Waals surface area contributed by atoms with Crippen molar-refractivity contribution in [2.24, 2.45) is 0 Å². The van der Waals surface area contributed by atoms with Gasteiger partial charge in [-0.15, -0.1) is 0 Å². The van der Waals surface area contributed by atoms with Crippen molar-refractivity contribution in [2.75, 3.05) is 26.8 Å². The molecule has 0 bridgehead atoms. The third-order valence-corrected chi connectivity index (χ3v) is 4.75. The molecule has 1 amide bonds. The van der Waals surface area contributed by atoms with Crippen LogP contribution in [-0.2, 0) is 11.3 Å². The van der Waals surface area contributed by atoms with Gasteiger partial charge >= 0.3 is 0 Å². The molecule has 4 rings (SSSR count). The normalized spacial score (nSPS) is 17.3. The molecule has 8 nitrogen and oxygen atoms in total. The van der Waals surface area contributed by atoms with Crippen LogP contribution in [0.1, 0.15) is 16.8 Å². The highest BCUT2D eigenvalue weighted by molar-refractivity contribution is 5.93. The fourth-order valence-corrected chi connectivity index (χ4v) is 3.37. The van der Waals surface area contributed by atoms with Gasteiger partial charge in [-0.05, 0) is 24.6 Å². The van der Waals surface area contributed by atoms with Crippen LogP contribution >= 0.6 is 0 Å². The van der Waals surface area contributed by atoms with Crippen LogP contribution in [0.25, 0.3) is 5.69 Å². The van der Waals surface area contributed by atoms with Crippen LogP contribution in [-0.4, -0.2) is 63.3 Å². The maximum atomic E-state index is 13.1. The van der Waals surface area contributed by atoms with Gasteiger partial charge in [-0.1, -0.05) is 12.1 Å². The van der Waals surface area contributed by atoms with Gasteiger partial charge in [0.1, 0.15) is 11.4 Å². The molecule has 0 saturated carbocycles. The highest BCUT2D eigenvalue weighted by Crippen LogP contribution is 2.22. The molecule has 0 aliphatic carbocycles. The lowest BCUT2D eigenvalue weighted by molar-refractivity contribution is 0.0367. The van der Waals surface area contributed by atoms with Crippen molar-refractivity contribution in [3.05, 3.63) is 60.7 Å². The number of carbonyl (C=O) groups excluding carboxylic acids is 1. The minimum Gasteiger partial charge on any atom is -0.494 e. The Morgan fingerprint density at radius 2 is 2.18 bits per heavy atom. The summed E-state index contributed by atoms with van der Waals surface area (Å²) in [7, 11) is 1.62. The monoisotopic (exact) mass is 381 g/mol. The van der Waals surface area contributed by atoms with Crippen LogP contribution in [0.5, 0.6) is 5.75 Å². The Kier molecular flexibility index (Phi) is 5.38. The third-order valence-electron chi connectivity index (χ3n) is 4.75. The zero-order valence-corrected chi connectivity index (χ0v) is 15.8. The average Bonchev–Trinajstić information content (AvgIpc) is 3.36. The Morgan fingerprint density at radius 3 is 3.00 bits per heavy atom. The molecule has 0 radical (unpaired) electrons. The van der Waals surface area contributed by atoms with Crippen molar-refractivity contribution < 1.29 is 14.3 Å². The van der Waals surface area contributed by atoms with Crippen LogP contribution in [0.2, 0.25) is 0 Å². The van der Waals surface area contributed by atoms with Crippen molar-refractivity contribution in [1.82, 2.24) is 24.5 Å². The van der Waals surface area contributed by atoms with Gasteiger partial charge < -0.3 is 14.4 Å². The molecule has 1 aliphatic heterocycles. The topological polar surface area (TPSA) is 74.4 Å². The van der Waals surface area contributed by atoms with Gasteiger partial charge in [0.2, 0.25) is 0 Å². The van der Waals surface area contributed by atoms with Crippen LogP contribution in [0.4, 0.5) is 0 Å². The number of nitrogens with zero attached hydrogens (tertiary/aromatic N) is 5. The first-order valence-corrected chi connectivity index (χ1v) is 9.31. The highest BCUT2D eigenvalue weighted by Gasteiger charge is 2.25. The molecule has 2 aromatic heterocycles. The highest BCUT2D eigenvalue weighted by atomic mass is 16.5. The molecule has 1 unspecified atom stereocenters. The van der Waals surface area contributed by atoms with E-state index in [1.54, 1.807) is 30.4 Å². The van der Waals surface area contributed by atoms with Gasteiger partial charge in [-0.2, -0.15) is 10.2 Å². The second-order valence-electron chi connectivity index (χ2n) is 6.67. The van der Waals surface area contributed by atoms with Crippen LogP contribution in [0.3, 0.4) is 0 Å². The lowest BCUT2D eigenvalue weighted by atomic mass is 10.2. The van der Waals surface area contributed by atoms with Crippen molar-refractivity contribution >= 4 is 5.91 Å². The smallest absolute Gasteiger partial charge is 0.257 e. The molecule has 1 aliphatic rings. The maximum absolute atomic E-state index is 13.1. The minimum atomic E-state index is -0.0874. The largest absolute Gasteiger partial charge is 0.494 e. The van der Waals surface area contributed by atoms with E-state index in [1.807, 2.05) is 46.1 Å². The number of benzene rings is 1. The third kappa shape index (κ3) is 3.91. The zero-order valence-electron chi connectivity index (χ0n) is 15.8. The summed E-state index contributed by atoms with van der Waals surface area (Å²) in [5.74, 6) is 0.657. The summed E-state index contributed by atoms with van der Waals surface area (Å²) in [4.78, 5) is 14.9. The van der Waals surface area contributed by atoms with Crippen molar-refractivity contribution in [2.45, 2.75) is 19.1 Å². The Balaban J connectivity index is 1.49. The second-order valence-corrected chi connectivity index (χ2v) is 6.67. The van der Waals surface area contributed by atoms with E-state index in [1.165, 1.54) is 0 Å². The molecule has 146 valence electrons. The maximum Gasteiger partial charge on any atom is 0.257 e. The Hall–Kier alpha value is -3.13. The first-order chi connectivity index (χ1) is 13.7. The SMILES string of the molecule is COc1ccccc1-n1cc(C(=O)N2CCCOC(Cn3cccn3)C2)cn1. The Labute approximate surface area is 163 Å². The molecule has 1 atom stereocenters. The second kappa shape index (κ2) is 8.26. The summed E-state index contributed by atoms with van der Waals surface area (Å²) in [6.07, 6.45) is 7.71. The summed E-state index contributed by atoms with van der Waals surface area (Å²) in [6, 6.07) is 9.46. The molecular weight excluding hydrogens is 358 g/mol. The number of hydrogen-bond acceptors (Lipinski definition) is 5. The molecule has 28 heavy (non-hydrogen) atoms. The summed E-state index contributed by atoms with van der Waals surface area (Å²) >= 11 is 0. The average molecular weight is 381 g/mol. The van der Waals surface area contributed by atoms with Crippen molar-refractivity contribution in [3.63, 3.8) is 0 Å². The molecule has 3 heterocycles. The molecular formula is C20H23N5O3. The molecule has 1 saturated heterocycles. The molecule has 0 N–H and O–H groups in total. The van der Waals surface area contributed by atoms with Crippen molar-refractivity contribution in [3.8, 4) is 11.4 Å². The van der Waals surface area contributed by atoms with E-state index < -0.39 is 0 Å². The fraction of sp³-hybridized carbons (Fsp3) is 0.350. The molecule has 0 spiro atoms. The van der Waals surface area contributed by atoms with Crippen LogP contribution in [0, 0.1) is 0 Å². The van der Waals surface area contributed by atoms with E-state index in [-0.39, 0.29) is 12.0 Å². The first kappa shape index (κ1) is 18.2.